The van der Waals surface area contributed by atoms with Gasteiger partial charge in [0.2, 0.25) is 5.65 Å². The highest BCUT2D eigenvalue weighted by atomic mass is 15.4. The SMILES string of the molecule is CCc1cc(N2CCCN(C)C3(CCN(C)CC3)C2)c2nncn2n1. The van der Waals surface area contributed by atoms with Crippen LogP contribution in [0.4, 0.5) is 5.69 Å². The van der Waals surface area contributed by atoms with Gasteiger partial charge in [0.1, 0.15) is 6.33 Å². The topological polar surface area (TPSA) is 52.8 Å². The molecule has 0 aliphatic carbocycles. The summed E-state index contributed by atoms with van der Waals surface area (Å²) in [5.41, 5.74) is 3.43. The van der Waals surface area contributed by atoms with Gasteiger partial charge in [-0.2, -0.15) is 9.61 Å². The van der Waals surface area contributed by atoms with Crippen molar-refractivity contribution in [3.05, 3.63) is 18.1 Å². The molecule has 0 saturated carbocycles. The molecular formula is C18H29N7. The Hall–Kier alpha value is -1.73. The molecule has 7 nitrogen and oxygen atoms in total. The molecular weight excluding hydrogens is 314 g/mol. The number of anilines is 1. The fraction of sp³-hybridized carbons (Fsp3) is 0.722. The lowest BCUT2D eigenvalue weighted by atomic mass is 9.85. The van der Waals surface area contributed by atoms with Crippen molar-refractivity contribution < 1.29 is 0 Å². The molecule has 0 N–H and O–H groups in total. The van der Waals surface area contributed by atoms with Crippen molar-refractivity contribution in [2.75, 3.05) is 51.7 Å². The van der Waals surface area contributed by atoms with Gasteiger partial charge in [0.05, 0.1) is 11.4 Å². The van der Waals surface area contributed by atoms with Gasteiger partial charge in [-0.15, -0.1) is 10.2 Å². The lowest BCUT2D eigenvalue weighted by Crippen LogP contribution is -2.57. The molecule has 0 unspecified atom stereocenters. The Kier molecular flexibility index (Phi) is 4.37. The number of aromatic nitrogens is 4. The van der Waals surface area contributed by atoms with Crippen LogP contribution in [0.5, 0.6) is 0 Å². The van der Waals surface area contributed by atoms with E-state index in [2.05, 4.69) is 57.1 Å². The average Bonchev–Trinajstić information content (AvgIpc) is 3.04. The Morgan fingerprint density at radius 2 is 1.92 bits per heavy atom. The smallest absolute Gasteiger partial charge is 0.200 e. The molecule has 136 valence electrons. The number of fused-ring (bicyclic) bond motifs is 1. The first-order chi connectivity index (χ1) is 12.1. The Morgan fingerprint density at radius 3 is 2.68 bits per heavy atom. The third-order valence-corrected chi connectivity index (χ3v) is 6.14. The maximum atomic E-state index is 4.61. The molecule has 7 heteroatoms. The molecule has 2 fully saturated rings. The van der Waals surface area contributed by atoms with E-state index < -0.39 is 0 Å². The first-order valence-electron chi connectivity index (χ1n) is 9.46. The monoisotopic (exact) mass is 343 g/mol. The second-order valence-corrected chi connectivity index (χ2v) is 7.70. The van der Waals surface area contributed by atoms with Crippen LogP contribution < -0.4 is 4.90 Å². The first kappa shape index (κ1) is 16.7. The number of piperidine rings is 1. The van der Waals surface area contributed by atoms with Crippen LogP contribution in [-0.2, 0) is 6.42 Å². The highest BCUT2D eigenvalue weighted by Gasteiger charge is 2.40. The van der Waals surface area contributed by atoms with Gasteiger partial charge in [0.15, 0.2) is 0 Å². The van der Waals surface area contributed by atoms with E-state index in [0.29, 0.717) is 0 Å². The van der Waals surface area contributed by atoms with E-state index in [4.69, 9.17) is 0 Å². The first-order valence-corrected chi connectivity index (χ1v) is 9.46. The molecule has 0 radical (unpaired) electrons. The van der Waals surface area contributed by atoms with Crippen molar-refractivity contribution in [2.45, 2.75) is 38.1 Å². The van der Waals surface area contributed by atoms with Crippen LogP contribution in [0, 0.1) is 0 Å². The molecule has 2 aliphatic rings. The van der Waals surface area contributed by atoms with Gasteiger partial charge in [0.25, 0.3) is 0 Å². The van der Waals surface area contributed by atoms with Gasteiger partial charge in [-0.3, -0.25) is 4.90 Å². The summed E-state index contributed by atoms with van der Waals surface area (Å²) in [5.74, 6) is 0. The molecule has 4 heterocycles. The van der Waals surface area contributed by atoms with Gasteiger partial charge < -0.3 is 9.80 Å². The standard InChI is InChI=1S/C18H29N7/c1-4-15-12-16(17-20-19-14-25(17)21-15)24-9-5-8-23(3)18(13-24)6-10-22(2)11-7-18/h12,14H,4-11,13H2,1-3H3. The van der Waals surface area contributed by atoms with Crippen molar-refractivity contribution in [1.82, 2.24) is 29.6 Å². The minimum Gasteiger partial charge on any atom is -0.366 e. The van der Waals surface area contributed by atoms with Crippen molar-refractivity contribution in [3.63, 3.8) is 0 Å². The number of rotatable bonds is 2. The molecule has 0 amide bonds. The van der Waals surface area contributed by atoms with E-state index in [1.54, 1.807) is 6.33 Å². The molecule has 2 aromatic rings. The lowest BCUT2D eigenvalue weighted by Gasteiger charge is -2.47. The Balaban J connectivity index is 1.71. The van der Waals surface area contributed by atoms with E-state index >= 15 is 0 Å². The molecule has 2 saturated heterocycles. The zero-order chi connectivity index (χ0) is 17.4. The average molecular weight is 343 g/mol. The quantitative estimate of drug-likeness (QED) is 0.819. The summed E-state index contributed by atoms with van der Waals surface area (Å²) in [6.07, 6.45) is 6.27. The predicted molar refractivity (Wildman–Crippen MR) is 99.1 cm³/mol. The van der Waals surface area contributed by atoms with Gasteiger partial charge >= 0.3 is 0 Å². The molecule has 0 atom stereocenters. The lowest BCUT2D eigenvalue weighted by molar-refractivity contribution is 0.0605. The molecule has 1 spiro atoms. The number of aryl methyl sites for hydroxylation is 1. The van der Waals surface area contributed by atoms with E-state index in [9.17, 15) is 0 Å². The minimum absolute atomic E-state index is 0.260. The fourth-order valence-corrected chi connectivity index (χ4v) is 4.34. The number of likely N-dealkylation sites (N-methyl/N-ethyl adjacent to an activating group) is 1. The summed E-state index contributed by atoms with van der Waals surface area (Å²) in [6, 6.07) is 2.22. The molecule has 4 rings (SSSR count). The van der Waals surface area contributed by atoms with Crippen LogP contribution in [0.1, 0.15) is 31.9 Å². The van der Waals surface area contributed by atoms with Gasteiger partial charge in [-0.25, -0.2) is 0 Å². The highest BCUT2D eigenvalue weighted by Crippen LogP contribution is 2.33. The van der Waals surface area contributed by atoms with Crippen LogP contribution in [0.3, 0.4) is 0 Å². The fourth-order valence-electron chi connectivity index (χ4n) is 4.34. The van der Waals surface area contributed by atoms with Crippen LogP contribution in [0.25, 0.3) is 5.65 Å². The zero-order valence-corrected chi connectivity index (χ0v) is 15.6. The second-order valence-electron chi connectivity index (χ2n) is 7.70. The third kappa shape index (κ3) is 3.00. The van der Waals surface area contributed by atoms with E-state index in [1.807, 2.05) is 4.52 Å². The second kappa shape index (κ2) is 6.53. The van der Waals surface area contributed by atoms with Crippen molar-refractivity contribution in [2.24, 2.45) is 0 Å². The maximum Gasteiger partial charge on any atom is 0.200 e. The molecule has 25 heavy (non-hydrogen) atoms. The predicted octanol–water partition coefficient (Wildman–Crippen LogP) is 1.29. The normalized spacial score (nSPS) is 22.6. The molecule has 0 aromatic carbocycles. The van der Waals surface area contributed by atoms with Gasteiger partial charge in [0, 0.05) is 25.2 Å². The molecule has 2 aliphatic heterocycles. The Morgan fingerprint density at radius 1 is 1.12 bits per heavy atom. The zero-order valence-electron chi connectivity index (χ0n) is 15.6. The summed E-state index contributed by atoms with van der Waals surface area (Å²) in [4.78, 5) is 7.61. The summed E-state index contributed by atoms with van der Waals surface area (Å²) in [5, 5.41) is 13.1. The maximum absolute atomic E-state index is 4.61. The molecule has 0 bridgehead atoms. The van der Waals surface area contributed by atoms with E-state index in [1.165, 1.54) is 38.0 Å². The summed E-state index contributed by atoms with van der Waals surface area (Å²) in [7, 11) is 4.54. The van der Waals surface area contributed by atoms with Gasteiger partial charge in [-0.05, 0) is 58.9 Å². The van der Waals surface area contributed by atoms with Crippen molar-refractivity contribution in [3.8, 4) is 0 Å². The Labute approximate surface area is 149 Å². The number of nitrogens with zero attached hydrogens (tertiary/aromatic N) is 7. The van der Waals surface area contributed by atoms with Crippen LogP contribution in [-0.4, -0.2) is 82.0 Å². The van der Waals surface area contributed by atoms with Crippen molar-refractivity contribution >= 4 is 11.3 Å². The summed E-state index contributed by atoms with van der Waals surface area (Å²) < 4.78 is 1.84. The third-order valence-electron chi connectivity index (χ3n) is 6.14. The minimum atomic E-state index is 0.260. The number of likely N-dealkylation sites (tertiary alicyclic amines) is 1. The molecule has 2 aromatic heterocycles. The summed E-state index contributed by atoms with van der Waals surface area (Å²) in [6.45, 7) is 7.79. The Bertz CT molecular complexity index is 732. The largest absolute Gasteiger partial charge is 0.366 e. The number of hydrogen-bond acceptors (Lipinski definition) is 6. The van der Waals surface area contributed by atoms with Crippen molar-refractivity contribution in [1.29, 1.82) is 0 Å². The van der Waals surface area contributed by atoms with Crippen LogP contribution >= 0.6 is 0 Å². The highest BCUT2D eigenvalue weighted by molar-refractivity contribution is 5.68. The van der Waals surface area contributed by atoms with Crippen LogP contribution in [0.2, 0.25) is 0 Å². The van der Waals surface area contributed by atoms with E-state index in [0.717, 1.165) is 37.4 Å². The summed E-state index contributed by atoms with van der Waals surface area (Å²) >= 11 is 0. The van der Waals surface area contributed by atoms with E-state index in [-0.39, 0.29) is 5.54 Å². The van der Waals surface area contributed by atoms with Gasteiger partial charge in [-0.1, -0.05) is 6.92 Å². The van der Waals surface area contributed by atoms with Crippen LogP contribution in [0.15, 0.2) is 12.4 Å². The number of hydrogen-bond donors (Lipinski definition) is 0.